The summed E-state index contributed by atoms with van der Waals surface area (Å²) in [7, 11) is 0. The predicted octanol–water partition coefficient (Wildman–Crippen LogP) is 3.45. The molecule has 0 atom stereocenters. The molecule has 1 aromatic carbocycles. The fraction of sp³-hybridized carbons (Fsp3) is 0.429. The zero-order valence-corrected chi connectivity index (χ0v) is 9.79. The fourth-order valence-corrected chi connectivity index (χ4v) is 2.15. The number of para-hydroxylation sites is 1. The lowest BCUT2D eigenvalue weighted by atomic mass is 9.86. The summed E-state index contributed by atoms with van der Waals surface area (Å²) < 4.78 is 6.09. The molecule has 16 heavy (non-hydrogen) atoms. The first-order valence-electron chi connectivity index (χ1n) is 5.80. The molecule has 2 heteroatoms. The van der Waals surface area contributed by atoms with Crippen molar-refractivity contribution in [1.82, 2.24) is 0 Å². The SMILES string of the molecule is CCC1(CC)C[CH]c2cccc(C#N)c2O1. The second kappa shape index (κ2) is 4.17. The maximum atomic E-state index is 9.07. The number of hydrogen-bond donors (Lipinski definition) is 0. The van der Waals surface area contributed by atoms with E-state index >= 15 is 0 Å². The number of fused-ring (bicyclic) bond motifs is 1. The van der Waals surface area contributed by atoms with Crippen LogP contribution >= 0.6 is 0 Å². The lowest BCUT2D eigenvalue weighted by molar-refractivity contribution is 0.0505. The molecule has 0 aliphatic carbocycles. The molecule has 0 N–H and O–H groups in total. The molecule has 0 amide bonds. The second-order valence-corrected chi connectivity index (χ2v) is 4.24. The van der Waals surface area contributed by atoms with Crippen molar-refractivity contribution >= 4 is 0 Å². The van der Waals surface area contributed by atoms with Crippen molar-refractivity contribution in [2.75, 3.05) is 0 Å². The molecule has 1 aliphatic heterocycles. The normalized spacial score (nSPS) is 17.1. The predicted molar refractivity (Wildman–Crippen MR) is 63.1 cm³/mol. The Bertz CT molecular complexity index is 427. The molecule has 2 rings (SSSR count). The molecule has 0 fully saturated rings. The standard InChI is InChI=1S/C14H16NO/c1-3-14(4-2)9-8-11-6-5-7-12(10-15)13(11)16-14/h5-8H,3-4,9H2,1-2H3. The minimum Gasteiger partial charge on any atom is -0.486 e. The molecule has 1 radical (unpaired) electrons. The van der Waals surface area contributed by atoms with E-state index in [0.717, 1.165) is 30.6 Å². The van der Waals surface area contributed by atoms with Gasteiger partial charge in [0, 0.05) is 0 Å². The number of hydrogen-bond acceptors (Lipinski definition) is 2. The minimum atomic E-state index is -0.111. The van der Waals surface area contributed by atoms with Crippen molar-refractivity contribution in [1.29, 1.82) is 5.26 Å². The summed E-state index contributed by atoms with van der Waals surface area (Å²) in [4.78, 5) is 0. The van der Waals surface area contributed by atoms with Crippen molar-refractivity contribution in [3.05, 3.63) is 35.7 Å². The second-order valence-electron chi connectivity index (χ2n) is 4.24. The third-order valence-corrected chi connectivity index (χ3v) is 3.47. The first kappa shape index (κ1) is 11.0. The third-order valence-electron chi connectivity index (χ3n) is 3.47. The fourth-order valence-electron chi connectivity index (χ4n) is 2.15. The van der Waals surface area contributed by atoms with E-state index in [1.807, 2.05) is 18.2 Å². The Labute approximate surface area is 96.9 Å². The molecule has 0 spiro atoms. The van der Waals surface area contributed by atoms with Crippen molar-refractivity contribution in [3.8, 4) is 11.8 Å². The van der Waals surface area contributed by atoms with Gasteiger partial charge in [-0.05, 0) is 37.3 Å². The summed E-state index contributed by atoms with van der Waals surface area (Å²) in [5.41, 5.74) is 1.58. The summed E-state index contributed by atoms with van der Waals surface area (Å²) in [6, 6.07) is 7.92. The van der Waals surface area contributed by atoms with Gasteiger partial charge in [-0.3, -0.25) is 0 Å². The quantitative estimate of drug-likeness (QED) is 0.755. The van der Waals surface area contributed by atoms with Crippen molar-refractivity contribution < 1.29 is 4.74 Å². The van der Waals surface area contributed by atoms with Gasteiger partial charge in [0.15, 0.2) is 0 Å². The monoisotopic (exact) mass is 214 g/mol. The molecule has 1 heterocycles. The third kappa shape index (κ3) is 1.67. The van der Waals surface area contributed by atoms with E-state index < -0.39 is 0 Å². The smallest absolute Gasteiger partial charge is 0.141 e. The molecule has 0 saturated carbocycles. The van der Waals surface area contributed by atoms with E-state index in [2.05, 4.69) is 26.3 Å². The van der Waals surface area contributed by atoms with Crippen molar-refractivity contribution in [3.63, 3.8) is 0 Å². The van der Waals surface area contributed by atoms with Gasteiger partial charge in [-0.2, -0.15) is 5.26 Å². The highest BCUT2D eigenvalue weighted by Gasteiger charge is 2.34. The maximum absolute atomic E-state index is 9.07. The topological polar surface area (TPSA) is 33.0 Å². The van der Waals surface area contributed by atoms with Crippen LogP contribution in [0.25, 0.3) is 0 Å². The summed E-state index contributed by atoms with van der Waals surface area (Å²) in [5, 5.41) is 9.07. The van der Waals surface area contributed by atoms with E-state index in [1.165, 1.54) is 0 Å². The highest BCUT2D eigenvalue weighted by Crippen LogP contribution is 2.39. The molecule has 0 saturated heterocycles. The lowest BCUT2D eigenvalue weighted by Crippen LogP contribution is -2.37. The van der Waals surface area contributed by atoms with Gasteiger partial charge in [-0.1, -0.05) is 26.0 Å². The molecular weight excluding hydrogens is 198 g/mol. The summed E-state index contributed by atoms with van der Waals surface area (Å²) in [5.74, 6) is 0.764. The summed E-state index contributed by atoms with van der Waals surface area (Å²) in [6.07, 6.45) is 5.06. The van der Waals surface area contributed by atoms with Gasteiger partial charge >= 0.3 is 0 Å². The Morgan fingerprint density at radius 1 is 1.38 bits per heavy atom. The largest absolute Gasteiger partial charge is 0.486 e. The van der Waals surface area contributed by atoms with Crippen LogP contribution in [0.3, 0.4) is 0 Å². The average Bonchev–Trinajstić information content (AvgIpc) is 2.37. The van der Waals surface area contributed by atoms with E-state index in [0.29, 0.717) is 5.56 Å². The Kier molecular flexibility index (Phi) is 2.87. The van der Waals surface area contributed by atoms with Gasteiger partial charge in [0.25, 0.3) is 0 Å². The van der Waals surface area contributed by atoms with Crippen LogP contribution < -0.4 is 4.74 Å². The molecular formula is C14H16NO. The van der Waals surface area contributed by atoms with Crippen LogP contribution in [-0.4, -0.2) is 5.60 Å². The Morgan fingerprint density at radius 3 is 2.75 bits per heavy atom. The molecule has 0 unspecified atom stereocenters. The van der Waals surface area contributed by atoms with Gasteiger partial charge in [0.05, 0.1) is 5.56 Å². The van der Waals surface area contributed by atoms with Gasteiger partial charge in [-0.25, -0.2) is 0 Å². The first-order valence-corrected chi connectivity index (χ1v) is 5.80. The van der Waals surface area contributed by atoms with Gasteiger partial charge in [-0.15, -0.1) is 0 Å². The Morgan fingerprint density at radius 2 is 2.12 bits per heavy atom. The van der Waals surface area contributed by atoms with Crippen LogP contribution in [0.4, 0.5) is 0 Å². The Hall–Kier alpha value is -1.49. The highest BCUT2D eigenvalue weighted by molar-refractivity contribution is 5.52. The number of nitriles is 1. The van der Waals surface area contributed by atoms with Crippen LogP contribution in [0.5, 0.6) is 5.75 Å². The zero-order chi connectivity index (χ0) is 11.6. The lowest BCUT2D eigenvalue weighted by Gasteiger charge is -2.37. The summed E-state index contributed by atoms with van der Waals surface area (Å²) in [6.45, 7) is 4.27. The van der Waals surface area contributed by atoms with E-state index in [4.69, 9.17) is 10.00 Å². The van der Waals surface area contributed by atoms with Crippen LogP contribution in [0.2, 0.25) is 0 Å². The Balaban J connectivity index is 2.42. The van der Waals surface area contributed by atoms with Crippen LogP contribution in [0, 0.1) is 17.8 Å². The van der Waals surface area contributed by atoms with Crippen molar-refractivity contribution in [2.45, 2.75) is 38.7 Å². The minimum absolute atomic E-state index is 0.111. The van der Waals surface area contributed by atoms with Crippen LogP contribution in [-0.2, 0) is 0 Å². The number of nitrogens with zero attached hydrogens (tertiary/aromatic N) is 1. The number of benzene rings is 1. The number of rotatable bonds is 2. The molecule has 1 aromatic rings. The molecule has 0 aromatic heterocycles. The number of ether oxygens (including phenoxy) is 1. The van der Waals surface area contributed by atoms with Gasteiger partial charge < -0.3 is 4.74 Å². The van der Waals surface area contributed by atoms with Crippen LogP contribution in [0.15, 0.2) is 18.2 Å². The van der Waals surface area contributed by atoms with Gasteiger partial charge in [0.2, 0.25) is 0 Å². The van der Waals surface area contributed by atoms with E-state index in [9.17, 15) is 0 Å². The van der Waals surface area contributed by atoms with Crippen LogP contribution in [0.1, 0.15) is 44.2 Å². The van der Waals surface area contributed by atoms with Crippen molar-refractivity contribution in [2.24, 2.45) is 0 Å². The maximum Gasteiger partial charge on any atom is 0.141 e. The molecule has 0 bridgehead atoms. The summed E-state index contributed by atoms with van der Waals surface area (Å²) >= 11 is 0. The zero-order valence-electron chi connectivity index (χ0n) is 9.79. The molecule has 1 aliphatic rings. The average molecular weight is 214 g/mol. The molecule has 83 valence electrons. The molecule has 2 nitrogen and oxygen atoms in total. The van der Waals surface area contributed by atoms with E-state index in [-0.39, 0.29) is 5.60 Å². The highest BCUT2D eigenvalue weighted by atomic mass is 16.5. The van der Waals surface area contributed by atoms with E-state index in [1.54, 1.807) is 0 Å². The first-order chi connectivity index (χ1) is 7.74. The van der Waals surface area contributed by atoms with Gasteiger partial charge in [0.1, 0.15) is 17.4 Å².